The molecule has 2 aliphatic carbocycles. The number of allylic oxidation sites excluding steroid dienone is 2. The summed E-state index contributed by atoms with van der Waals surface area (Å²) in [5.74, 6) is 1.13. The molecule has 3 aliphatic rings. The summed E-state index contributed by atoms with van der Waals surface area (Å²) in [5, 5.41) is 0. The highest BCUT2D eigenvalue weighted by molar-refractivity contribution is 5.75. The third-order valence-electron chi connectivity index (χ3n) is 5.95. The lowest BCUT2D eigenvalue weighted by Crippen LogP contribution is -2.32. The van der Waals surface area contributed by atoms with Gasteiger partial charge in [0.15, 0.2) is 0 Å². The first-order chi connectivity index (χ1) is 9.90. The van der Waals surface area contributed by atoms with Crippen molar-refractivity contribution in [1.29, 1.82) is 0 Å². The topological polar surface area (TPSA) is 29.5 Å². The number of ether oxygens (including phenoxy) is 1. The van der Waals surface area contributed by atoms with Gasteiger partial charge in [-0.2, -0.15) is 0 Å². The second-order valence-corrected chi connectivity index (χ2v) is 8.03. The molecular weight excluding hydrogens is 262 g/mol. The normalized spacial score (nSPS) is 45.4. The number of hydrogen-bond acceptors (Lipinski definition) is 3. The molecule has 0 aromatic carbocycles. The summed E-state index contributed by atoms with van der Waals surface area (Å²) in [6, 6.07) is 0. The third kappa shape index (κ3) is 2.90. The van der Waals surface area contributed by atoms with Gasteiger partial charge in [-0.3, -0.25) is 4.79 Å². The van der Waals surface area contributed by atoms with Gasteiger partial charge in [0.1, 0.15) is 6.10 Å². The summed E-state index contributed by atoms with van der Waals surface area (Å²) in [6.45, 7) is 5.45. The van der Waals surface area contributed by atoms with Crippen LogP contribution in [0.3, 0.4) is 0 Å². The molecule has 0 N–H and O–H groups in total. The maximum atomic E-state index is 12.4. The number of hydrogen-bond donors (Lipinski definition) is 0. The molecule has 0 aromatic heterocycles. The molecule has 0 unspecified atom stereocenters. The lowest BCUT2D eigenvalue weighted by atomic mass is 9.80. The van der Waals surface area contributed by atoms with E-state index in [1.54, 1.807) is 0 Å². The molecule has 1 saturated carbocycles. The predicted molar refractivity (Wildman–Crippen MR) is 83.9 cm³/mol. The van der Waals surface area contributed by atoms with Crippen molar-refractivity contribution in [2.45, 2.75) is 52.1 Å². The maximum Gasteiger partial charge on any atom is 0.310 e. The van der Waals surface area contributed by atoms with Crippen LogP contribution in [-0.2, 0) is 9.53 Å². The summed E-state index contributed by atoms with van der Waals surface area (Å²) in [5.41, 5.74) is 1.89. The quantitative estimate of drug-likeness (QED) is 0.578. The minimum Gasteiger partial charge on any atom is -0.461 e. The number of esters is 1. The summed E-state index contributed by atoms with van der Waals surface area (Å²) in [4.78, 5) is 14.5. The second kappa shape index (κ2) is 5.42. The average Bonchev–Trinajstić information content (AvgIpc) is 2.97. The van der Waals surface area contributed by atoms with Crippen LogP contribution in [0.1, 0.15) is 46.0 Å². The second-order valence-electron chi connectivity index (χ2n) is 8.03. The third-order valence-corrected chi connectivity index (χ3v) is 5.95. The van der Waals surface area contributed by atoms with E-state index in [9.17, 15) is 4.79 Å². The van der Waals surface area contributed by atoms with Crippen molar-refractivity contribution in [3.8, 4) is 0 Å². The van der Waals surface area contributed by atoms with Gasteiger partial charge in [-0.15, -0.1) is 0 Å². The number of nitrogens with zero attached hydrogens (tertiary/aromatic N) is 1. The molecule has 3 rings (SSSR count). The van der Waals surface area contributed by atoms with Crippen LogP contribution in [0.15, 0.2) is 11.6 Å². The first kappa shape index (κ1) is 15.1. The van der Waals surface area contributed by atoms with Crippen LogP contribution in [0.25, 0.3) is 0 Å². The SMILES string of the molecule is C/C1=C\CC[C@@]2(C)C[C@H]2[C@H]2OC(=O)[C@@H](CN(C)C)[C@@H]2CC1. The number of carbonyl (C=O) groups is 1. The molecule has 3 nitrogen and oxygen atoms in total. The smallest absolute Gasteiger partial charge is 0.310 e. The van der Waals surface area contributed by atoms with Crippen molar-refractivity contribution in [3.05, 3.63) is 11.6 Å². The Kier molecular flexibility index (Phi) is 3.89. The molecule has 21 heavy (non-hydrogen) atoms. The molecule has 1 heterocycles. The van der Waals surface area contributed by atoms with Crippen LogP contribution in [-0.4, -0.2) is 37.6 Å². The molecule has 3 heteroatoms. The van der Waals surface area contributed by atoms with E-state index < -0.39 is 0 Å². The average molecular weight is 291 g/mol. The van der Waals surface area contributed by atoms with Gasteiger partial charge in [-0.05, 0) is 58.5 Å². The van der Waals surface area contributed by atoms with Crippen molar-refractivity contribution < 1.29 is 9.53 Å². The molecule has 0 aromatic rings. The Morgan fingerprint density at radius 1 is 1.43 bits per heavy atom. The Bertz CT molecular complexity index is 456. The fourth-order valence-corrected chi connectivity index (χ4v) is 4.45. The Morgan fingerprint density at radius 2 is 2.19 bits per heavy atom. The van der Waals surface area contributed by atoms with Crippen molar-refractivity contribution in [2.24, 2.45) is 23.2 Å². The van der Waals surface area contributed by atoms with Crippen molar-refractivity contribution in [2.75, 3.05) is 20.6 Å². The van der Waals surface area contributed by atoms with Gasteiger partial charge >= 0.3 is 5.97 Å². The molecule has 0 radical (unpaired) electrons. The van der Waals surface area contributed by atoms with Gasteiger partial charge in [0, 0.05) is 18.4 Å². The highest BCUT2D eigenvalue weighted by atomic mass is 16.6. The molecule has 0 amide bonds. The standard InChI is InChI=1S/C18H29NO2/c1-12-6-5-9-18(2)10-15(18)16-13(8-7-12)14(11-19(3)4)17(20)21-16/h6,13-16H,5,7-11H2,1-4H3/b12-6+/t13-,14-,15-,16-,18-/m0/s1. The van der Waals surface area contributed by atoms with E-state index in [1.165, 1.54) is 24.8 Å². The maximum absolute atomic E-state index is 12.4. The molecular formula is C18H29NO2. The van der Waals surface area contributed by atoms with E-state index >= 15 is 0 Å². The largest absolute Gasteiger partial charge is 0.461 e. The Hall–Kier alpha value is -0.830. The van der Waals surface area contributed by atoms with Crippen molar-refractivity contribution >= 4 is 5.97 Å². The molecule has 1 saturated heterocycles. The summed E-state index contributed by atoms with van der Waals surface area (Å²) >= 11 is 0. The zero-order valence-corrected chi connectivity index (χ0v) is 13.9. The zero-order valence-electron chi connectivity index (χ0n) is 13.9. The van der Waals surface area contributed by atoms with E-state index in [0.29, 0.717) is 17.3 Å². The molecule has 0 spiro atoms. The van der Waals surface area contributed by atoms with E-state index in [1.807, 2.05) is 14.1 Å². The lowest BCUT2D eigenvalue weighted by Gasteiger charge is -2.25. The summed E-state index contributed by atoms with van der Waals surface area (Å²) < 4.78 is 5.88. The Balaban J connectivity index is 1.83. The van der Waals surface area contributed by atoms with Gasteiger partial charge in [-0.25, -0.2) is 0 Å². The monoisotopic (exact) mass is 291 g/mol. The number of fused-ring (bicyclic) bond motifs is 3. The Labute approximate surface area is 128 Å². The van der Waals surface area contributed by atoms with E-state index in [2.05, 4.69) is 24.8 Å². The highest BCUT2D eigenvalue weighted by Crippen LogP contribution is 2.61. The van der Waals surface area contributed by atoms with Crippen molar-refractivity contribution in [1.82, 2.24) is 4.90 Å². The molecule has 1 aliphatic heterocycles. The Morgan fingerprint density at radius 3 is 2.90 bits per heavy atom. The molecule has 5 atom stereocenters. The predicted octanol–water partition coefficient (Wildman–Crippen LogP) is 3.25. The van der Waals surface area contributed by atoms with E-state index in [0.717, 1.165) is 19.4 Å². The number of carbonyl (C=O) groups excluding carboxylic acids is 1. The van der Waals surface area contributed by atoms with Crippen LogP contribution < -0.4 is 0 Å². The van der Waals surface area contributed by atoms with Gasteiger partial charge in [0.25, 0.3) is 0 Å². The van der Waals surface area contributed by atoms with Crippen LogP contribution >= 0.6 is 0 Å². The lowest BCUT2D eigenvalue weighted by molar-refractivity contribution is -0.145. The number of rotatable bonds is 2. The highest BCUT2D eigenvalue weighted by Gasteiger charge is 2.60. The van der Waals surface area contributed by atoms with Crippen LogP contribution in [0.5, 0.6) is 0 Å². The minimum atomic E-state index is 0.0498. The zero-order chi connectivity index (χ0) is 15.2. The molecule has 118 valence electrons. The fourth-order valence-electron chi connectivity index (χ4n) is 4.45. The van der Waals surface area contributed by atoms with Crippen LogP contribution in [0.4, 0.5) is 0 Å². The summed E-state index contributed by atoms with van der Waals surface area (Å²) in [7, 11) is 4.10. The van der Waals surface area contributed by atoms with Gasteiger partial charge < -0.3 is 9.64 Å². The molecule has 0 bridgehead atoms. The summed E-state index contributed by atoms with van der Waals surface area (Å²) in [6.07, 6.45) is 8.48. The van der Waals surface area contributed by atoms with Crippen LogP contribution in [0, 0.1) is 23.2 Å². The van der Waals surface area contributed by atoms with E-state index in [4.69, 9.17) is 4.74 Å². The molecule has 2 fully saturated rings. The minimum absolute atomic E-state index is 0.0498. The fraction of sp³-hybridized carbons (Fsp3) is 0.833. The van der Waals surface area contributed by atoms with Crippen LogP contribution in [0.2, 0.25) is 0 Å². The van der Waals surface area contributed by atoms with Gasteiger partial charge in [-0.1, -0.05) is 18.6 Å². The first-order valence-electron chi connectivity index (χ1n) is 8.41. The van der Waals surface area contributed by atoms with Gasteiger partial charge in [0.2, 0.25) is 0 Å². The first-order valence-corrected chi connectivity index (χ1v) is 8.41. The van der Waals surface area contributed by atoms with Crippen molar-refractivity contribution in [3.63, 3.8) is 0 Å². The van der Waals surface area contributed by atoms with Gasteiger partial charge in [0.05, 0.1) is 5.92 Å². The van der Waals surface area contributed by atoms with E-state index in [-0.39, 0.29) is 18.0 Å².